The molecule has 0 amide bonds. The van der Waals surface area contributed by atoms with Crippen LogP contribution in [-0.2, 0) is 6.54 Å². The first-order valence-corrected chi connectivity index (χ1v) is 5.59. The molecule has 0 bridgehead atoms. The van der Waals surface area contributed by atoms with Gasteiger partial charge in [0.25, 0.3) is 0 Å². The number of rotatable bonds is 5. The monoisotopic (exact) mass is 207 g/mol. The van der Waals surface area contributed by atoms with Crippen LogP contribution in [0.4, 0.5) is 0 Å². The molecule has 1 atom stereocenters. The van der Waals surface area contributed by atoms with E-state index in [4.69, 9.17) is 5.11 Å². The van der Waals surface area contributed by atoms with Gasteiger partial charge < -0.3 is 10.4 Å². The highest BCUT2D eigenvalue weighted by Gasteiger charge is 2.03. The molecule has 0 aliphatic heterocycles. The fourth-order valence-electron chi connectivity index (χ4n) is 1.70. The van der Waals surface area contributed by atoms with Crippen LogP contribution in [0, 0.1) is 5.92 Å². The summed E-state index contributed by atoms with van der Waals surface area (Å²) in [4.78, 5) is 0. The van der Waals surface area contributed by atoms with Crippen LogP contribution >= 0.6 is 0 Å². The Morgan fingerprint density at radius 2 is 1.73 bits per heavy atom. The first kappa shape index (κ1) is 12.1. The molecule has 1 aromatic rings. The molecule has 0 aliphatic carbocycles. The third kappa shape index (κ3) is 4.84. The van der Waals surface area contributed by atoms with E-state index in [0.717, 1.165) is 12.5 Å². The van der Waals surface area contributed by atoms with Gasteiger partial charge in [-0.2, -0.15) is 0 Å². The summed E-state index contributed by atoms with van der Waals surface area (Å²) in [6.45, 7) is 7.55. The molecule has 0 unspecified atom stereocenters. The third-order valence-corrected chi connectivity index (χ3v) is 2.42. The molecule has 2 heteroatoms. The van der Waals surface area contributed by atoms with Crippen LogP contribution in [0.2, 0.25) is 0 Å². The maximum atomic E-state index is 9.13. The van der Waals surface area contributed by atoms with Crippen LogP contribution in [0.1, 0.15) is 32.8 Å². The lowest BCUT2D eigenvalue weighted by Crippen LogP contribution is -2.26. The van der Waals surface area contributed by atoms with Gasteiger partial charge in [-0.1, -0.05) is 26.0 Å². The van der Waals surface area contributed by atoms with E-state index in [1.165, 1.54) is 12.0 Å². The Hall–Kier alpha value is -1.02. The van der Waals surface area contributed by atoms with Gasteiger partial charge in [-0.15, -0.1) is 0 Å². The van der Waals surface area contributed by atoms with Gasteiger partial charge in [0.2, 0.25) is 0 Å². The lowest BCUT2D eigenvalue weighted by molar-refractivity contribution is 0.441. The molecule has 0 saturated heterocycles. The smallest absolute Gasteiger partial charge is 0.115 e. The quantitative estimate of drug-likeness (QED) is 0.778. The second-order valence-corrected chi connectivity index (χ2v) is 4.58. The van der Waals surface area contributed by atoms with Crippen LogP contribution in [0.3, 0.4) is 0 Å². The normalized spacial score (nSPS) is 13.1. The molecule has 0 spiro atoms. The summed E-state index contributed by atoms with van der Waals surface area (Å²) in [6.07, 6.45) is 1.19. The zero-order valence-corrected chi connectivity index (χ0v) is 9.83. The zero-order valence-electron chi connectivity index (χ0n) is 9.83. The van der Waals surface area contributed by atoms with Crippen molar-refractivity contribution in [2.24, 2.45) is 5.92 Å². The van der Waals surface area contributed by atoms with Crippen LogP contribution < -0.4 is 5.32 Å². The molecule has 0 aliphatic rings. The predicted molar refractivity (Wildman–Crippen MR) is 63.9 cm³/mol. The summed E-state index contributed by atoms with van der Waals surface area (Å²) in [6, 6.07) is 7.89. The van der Waals surface area contributed by atoms with E-state index >= 15 is 0 Å². The number of hydrogen-bond donors (Lipinski definition) is 2. The Bertz CT molecular complexity index is 279. The van der Waals surface area contributed by atoms with E-state index in [-0.39, 0.29) is 0 Å². The molecule has 0 radical (unpaired) electrons. The number of aromatic hydroxyl groups is 1. The fourth-order valence-corrected chi connectivity index (χ4v) is 1.70. The van der Waals surface area contributed by atoms with E-state index in [1.807, 2.05) is 12.1 Å². The number of phenolic OH excluding ortho intramolecular Hbond substituents is 1. The SMILES string of the molecule is CC(C)C[C@@H](C)NCc1ccc(O)cc1. The lowest BCUT2D eigenvalue weighted by atomic mass is 10.1. The molecule has 1 aromatic carbocycles. The van der Waals surface area contributed by atoms with Crippen molar-refractivity contribution in [1.29, 1.82) is 0 Å². The van der Waals surface area contributed by atoms with E-state index < -0.39 is 0 Å². The van der Waals surface area contributed by atoms with E-state index in [2.05, 4.69) is 26.1 Å². The third-order valence-electron chi connectivity index (χ3n) is 2.42. The molecule has 1 rings (SSSR count). The van der Waals surface area contributed by atoms with Crippen molar-refractivity contribution >= 4 is 0 Å². The maximum Gasteiger partial charge on any atom is 0.115 e. The van der Waals surface area contributed by atoms with Crippen molar-refractivity contribution in [1.82, 2.24) is 5.32 Å². The first-order chi connectivity index (χ1) is 7.08. The molecule has 15 heavy (non-hydrogen) atoms. The Morgan fingerprint density at radius 1 is 1.13 bits per heavy atom. The molecule has 0 saturated carbocycles. The number of phenols is 1. The van der Waals surface area contributed by atoms with Crippen molar-refractivity contribution in [3.05, 3.63) is 29.8 Å². The topological polar surface area (TPSA) is 32.3 Å². The molecule has 0 aromatic heterocycles. The van der Waals surface area contributed by atoms with Crippen LogP contribution in [0.5, 0.6) is 5.75 Å². The molecule has 2 nitrogen and oxygen atoms in total. The largest absolute Gasteiger partial charge is 0.508 e. The number of hydrogen-bond acceptors (Lipinski definition) is 2. The summed E-state index contributed by atoms with van der Waals surface area (Å²) < 4.78 is 0. The highest BCUT2D eigenvalue weighted by Crippen LogP contribution is 2.10. The van der Waals surface area contributed by atoms with Gasteiger partial charge in [0, 0.05) is 12.6 Å². The summed E-state index contributed by atoms with van der Waals surface area (Å²) in [5.41, 5.74) is 1.21. The van der Waals surface area contributed by atoms with E-state index in [0.29, 0.717) is 11.8 Å². The minimum atomic E-state index is 0.328. The fraction of sp³-hybridized carbons (Fsp3) is 0.538. The molecular formula is C13H21NO. The number of nitrogens with one attached hydrogen (secondary N) is 1. The molecule has 0 heterocycles. The summed E-state index contributed by atoms with van der Waals surface area (Å²) in [5, 5.41) is 12.6. The van der Waals surface area contributed by atoms with Crippen LogP contribution in [0.15, 0.2) is 24.3 Å². The second-order valence-electron chi connectivity index (χ2n) is 4.58. The average Bonchev–Trinajstić information content (AvgIpc) is 2.16. The Labute approximate surface area is 92.3 Å². The Balaban J connectivity index is 2.33. The maximum absolute atomic E-state index is 9.13. The highest BCUT2D eigenvalue weighted by molar-refractivity contribution is 5.25. The van der Waals surface area contributed by atoms with Gasteiger partial charge in [-0.05, 0) is 37.0 Å². The lowest BCUT2D eigenvalue weighted by Gasteiger charge is -2.15. The summed E-state index contributed by atoms with van der Waals surface area (Å²) in [5.74, 6) is 1.06. The molecule has 84 valence electrons. The van der Waals surface area contributed by atoms with Crippen LogP contribution in [-0.4, -0.2) is 11.1 Å². The van der Waals surface area contributed by atoms with Crippen molar-refractivity contribution in [3.63, 3.8) is 0 Å². The van der Waals surface area contributed by atoms with Gasteiger partial charge in [0.05, 0.1) is 0 Å². The van der Waals surface area contributed by atoms with Crippen molar-refractivity contribution in [3.8, 4) is 5.75 Å². The zero-order chi connectivity index (χ0) is 11.3. The standard InChI is InChI=1S/C13H21NO/c1-10(2)8-11(3)14-9-12-4-6-13(15)7-5-12/h4-7,10-11,14-15H,8-9H2,1-3H3/t11-/m1/s1. The van der Waals surface area contributed by atoms with Crippen molar-refractivity contribution in [2.75, 3.05) is 0 Å². The van der Waals surface area contributed by atoms with Gasteiger partial charge >= 0.3 is 0 Å². The van der Waals surface area contributed by atoms with Crippen molar-refractivity contribution in [2.45, 2.75) is 39.8 Å². The predicted octanol–water partition coefficient (Wildman–Crippen LogP) is 2.92. The van der Waals surface area contributed by atoms with Gasteiger partial charge in [0.1, 0.15) is 5.75 Å². The van der Waals surface area contributed by atoms with Gasteiger partial charge in [-0.25, -0.2) is 0 Å². The molecular weight excluding hydrogens is 186 g/mol. The number of benzene rings is 1. The molecule has 2 N–H and O–H groups in total. The van der Waals surface area contributed by atoms with Gasteiger partial charge in [-0.3, -0.25) is 0 Å². The minimum absolute atomic E-state index is 0.328. The van der Waals surface area contributed by atoms with Crippen LogP contribution in [0.25, 0.3) is 0 Å². The Morgan fingerprint density at radius 3 is 2.27 bits per heavy atom. The Kier molecular flexibility index (Phi) is 4.63. The second kappa shape index (κ2) is 5.76. The summed E-state index contributed by atoms with van der Waals surface area (Å²) in [7, 11) is 0. The minimum Gasteiger partial charge on any atom is -0.508 e. The van der Waals surface area contributed by atoms with Gasteiger partial charge in [0.15, 0.2) is 0 Å². The first-order valence-electron chi connectivity index (χ1n) is 5.59. The average molecular weight is 207 g/mol. The van der Waals surface area contributed by atoms with E-state index in [9.17, 15) is 0 Å². The van der Waals surface area contributed by atoms with E-state index in [1.54, 1.807) is 12.1 Å². The summed E-state index contributed by atoms with van der Waals surface area (Å²) >= 11 is 0. The highest BCUT2D eigenvalue weighted by atomic mass is 16.3. The molecule has 0 fully saturated rings. The van der Waals surface area contributed by atoms with Crippen molar-refractivity contribution < 1.29 is 5.11 Å².